The molecule has 2 nitrogen and oxygen atoms in total. The standard InChI is InChI=1S/C16H21BrN2S2/c1-3-7-18-14(9-15-11-20-12(2)19-15)10-21-16-6-4-5-13(17)8-16/h4-6,8,11,14,18H,3,7,9-10H2,1-2H3. The monoisotopic (exact) mass is 384 g/mol. The van der Waals surface area contributed by atoms with Gasteiger partial charge in [-0.15, -0.1) is 23.1 Å². The summed E-state index contributed by atoms with van der Waals surface area (Å²) in [6, 6.07) is 8.96. The van der Waals surface area contributed by atoms with Gasteiger partial charge in [-0.05, 0) is 38.1 Å². The number of halogens is 1. The summed E-state index contributed by atoms with van der Waals surface area (Å²) in [4.78, 5) is 5.90. The molecule has 2 rings (SSSR count). The molecule has 0 aliphatic heterocycles. The van der Waals surface area contributed by atoms with E-state index in [-0.39, 0.29) is 0 Å². The van der Waals surface area contributed by atoms with Gasteiger partial charge < -0.3 is 5.32 Å². The summed E-state index contributed by atoms with van der Waals surface area (Å²) >= 11 is 7.17. The predicted molar refractivity (Wildman–Crippen MR) is 97.5 cm³/mol. The molecule has 5 heteroatoms. The van der Waals surface area contributed by atoms with Gasteiger partial charge in [-0.1, -0.05) is 28.9 Å². The fraction of sp³-hybridized carbons (Fsp3) is 0.438. The van der Waals surface area contributed by atoms with Crippen LogP contribution in [0, 0.1) is 6.92 Å². The maximum Gasteiger partial charge on any atom is 0.0897 e. The van der Waals surface area contributed by atoms with Crippen molar-refractivity contribution in [3.05, 3.63) is 44.8 Å². The summed E-state index contributed by atoms with van der Waals surface area (Å²) in [5.74, 6) is 1.06. The van der Waals surface area contributed by atoms with Gasteiger partial charge in [0.25, 0.3) is 0 Å². The van der Waals surface area contributed by atoms with Crippen LogP contribution in [0.3, 0.4) is 0 Å². The smallest absolute Gasteiger partial charge is 0.0897 e. The van der Waals surface area contributed by atoms with Crippen molar-refractivity contribution in [2.45, 2.75) is 37.6 Å². The SMILES string of the molecule is CCCNC(CSc1cccc(Br)c1)Cc1csc(C)n1. The molecule has 0 saturated carbocycles. The van der Waals surface area contributed by atoms with Crippen LogP contribution in [0.4, 0.5) is 0 Å². The minimum atomic E-state index is 0.468. The first-order valence-corrected chi connectivity index (χ1v) is 9.86. The fourth-order valence-electron chi connectivity index (χ4n) is 2.05. The van der Waals surface area contributed by atoms with Gasteiger partial charge >= 0.3 is 0 Å². The number of benzene rings is 1. The predicted octanol–water partition coefficient (Wildman–Crippen LogP) is 4.92. The van der Waals surface area contributed by atoms with Crippen LogP contribution >= 0.6 is 39.0 Å². The van der Waals surface area contributed by atoms with E-state index in [2.05, 4.69) is 69.7 Å². The zero-order valence-electron chi connectivity index (χ0n) is 12.4. The number of nitrogens with one attached hydrogen (secondary N) is 1. The van der Waals surface area contributed by atoms with Gasteiger partial charge in [0, 0.05) is 33.0 Å². The Morgan fingerprint density at radius 2 is 2.29 bits per heavy atom. The molecule has 1 N–H and O–H groups in total. The molecule has 0 spiro atoms. The first-order valence-electron chi connectivity index (χ1n) is 7.20. The first-order chi connectivity index (χ1) is 10.2. The van der Waals surface area contributed by atoms with E-state index in [0.717, 1.165) is 34.6 Å². The summed E-state index contributed by atoms with van der Waals surface area (Å²) in [7, 11) is 0. The van der Waals surface area contributed by atoms with Gasteiger partial charge in [0.05, 0.1) is 10.7 Å². The van der Waals surface area contributed by atoms with Gasteiger partial charge in [-0.3, -0.25) is 0 Å². The second kappa shape index (κ2) is 8.93. The fourth-order valence-corrected chi connectivity index (χ4v) is 4.24. The summed E-state index contributed by atoms with van der Waals surface area (Å²) in [6.07, 6.45) is 2.17. The zero-order chi connectivity index (χ0) is 15.1. The topological polar surface area (TPSA) is 24.9 Å². The summed E-state index contributed by atoms with van der Waals surface area (Å²) in [5, 5.41) is 6.98. The largest absolute Gasteiger partial charge is 0.313 e. The van der Waals surface area contributed by atoms with Crippen molar-refractivity contribution in [3.63, 3.8) is 0 Å². The third-order valence-electron chi connectivity index (χ3n) is 3.05. The normalized spacial score (nSPS) is 12.5. The summed E-state index contributed by atoms with van der Waals surface area (Å²) in [5.41, 5.74) is 1.21. The molecule has 0 amide bonds. The van der Waals surface area contributed by atoms with Crippen molar-refractivity contribution in [3.8, 4) is 0 Å². The van der Waals surface area contributed by atoms with E-state index < -0.39 is 0 Å². The van der Waals surface area contributed by atoms with Crippen molar-refractivity contribution in [2.75, 3.05) is 12.3 Å². The number of rotatable bonds is 8. The highest BCUT2D eigenvalue weighted by Crippen LogP contribution is 2.23. The quantitative estimate of drug-likeness (QED) is 0.653. The van der Waals surface area contributed by atoms with Crippen LogP contribution in [-0.4, -0.2) is 23.3 Å². The average Bonchev–Trinajstić information content (AvgIpc) is 2.87. The highest BCUT2D eigenvalue weighted by atomic mass is 79.9. The highest BCUT2D eigenvalue weighted by Gasteiger charge is 2.11. The highest BCUT2D eigenvalue weighted by molar-refractivity contribution is 9.10. The van der Waals surface area contributed by atoms with E-state index in [1.165, 1.54) is 10.6 Å². The van der Waals surface area contributed by atoms with Crippen LogP contribution < -0.4 is 5.32 Å². The minimum Gasteiger partial charge on any atom is -0.313 e. The molecule has 0 fully saturated rings. The molecule has 0 aliphatic rings. The Hall–Kier alpha value is -0.360. The third kappa shape index (κ3) is 6.10. The molecular formula is C16H21BrN2S2. The molecule has 0 radical (unpaired) electrons. The van der Waals surface area contributed by atoms with Crippen molar-refractivity contribution in [1.82, 2.24) is 10.3 Å². The number of aryl methyl sites for hydroxylation is 1. The Labute approximate surface area is 143 Å². The molecular weight excluding hydrogens is 364 g/mol. The van der Waals surface area contributed by atoms with E-state index in [1.54, 1.807) is 11.3 Å². The summed E-state index contributed by atoms with van der Waals surface area (Å²) in [6.45, 7) is 5.34. The lowest BCUT2D eigenvalue weighted by molar-refractivity contribution is 0.546. The van der Waals surface area contributed by atoms with Crippen molar-refractivity contribution < 1.29 is 0 Å². The Morgan fingerprint density at radius 3 is 2.95 bits per heavy atom. The van der Waals surface area contributed by atoms with Gasteiger partial charge in [0.2, 0.25) is 0 Å². The second-order valence-corrected chi connectivity index (χ2v) is 8.05. The molecule has 1 unspecified atom stereocenters. The number of thiazole rings is 1. The van der Waals surface area contributed by atoms with Gasteiger partial charge in [-0.25, -0.2) is 4.98 Å². The van der Waals surface area contributed by atoms with E-state index in [1.807, 2.05) is 11.8 Å². The molecule has 1 atom stereocenters. The number of hydrogen-bond donors (Lipinski definition) is 1. The van der Waals surface area contributed by atoms with E-state index in [0.29, 0.717) is 6.04 Å². The van der Waals surface area contributed by atoms with Crippen LogP contribution in [0.5, 0.6) is 0 Å². The van der Waals surface area contributed by atoms with Crippen molar-refractivity contribution in [1.29, 1.82) is 0 Å². The molecule has 1 heterocycles. The van der Waals surface area contributed by atoms with Crippen molar-refractivity contribution in [2.24, 2.45) is 0 Å². The van der Waals surface area contributed by atoms with E-state index in [4.69, 9.17) is 0 Å². The van der Waals surface area contributed by atoms with Crippen LogP contribution in [0.2, 0.25) is 0 Å². The molecule has 0 saturated heterocycles. The maximum absolute atomic E-state index is 4.59. The van der Waals surface area contributed by atoms with Gasteiger partial charge in [-0.2, -0.15) is 0 Å². The van der Waals surface area contributed by atoms with E-state index >= 15 is 0 Å². The maximum atomic E-state index is 4.59. The minimum absolute atomic E-state index is 0.468. The van der Waals surface area contributed by atoms with Crippen molar-refractivity contribution >= 4 is 39.0 Å². The number of thioether (sulfide) groups is 1. The number of hydrogen-bond acceptors (Lipinski definition) is 4. The zero-order valence-corrected chi connectivity index (χ0v) is 15.7. The van der Waals surface area contributed by atoms with Gasteiger partial charge in [0.1, 0.15) is 0 Å². The Kier molecular flexibility index (Phi) is 7.23. The third-order valence-corrected chi connectivity index (χ3v) is 5.52. The van der Waals surface area contributed by atoms with Crippen LogP contribution in [0.15, 0.2) is 39.0 Å². The molecule has 1 aromatic heterocycles. The molecule has 0 bridgehead atoms. The van der Waals surface area contributed by atoms with Crippen LogP contribution in [0.25, 0.3) is 0 Å². The Morgan fingerprint density at radius 1 is 1.43 bits per heavy atom. The second-order valence-electron chi connectivity index (χ2n) is 4.98. The lowest BCUT2D eigenvalue weighted by Gasteiger charge is -2.17. The summed E-state index contributed by atoms with van der Waals surface area (Å²) < 4.78 is 1.14. The Balaban J connectivity index is 1.92. The van der Waals surface area contributed by atoms with E-state index in [9.17, 15) is 0 Å². The lowest BCUT2D eigenvalue weighted by Crippen LogP contribution is -2.34. The van der Waals surface area contributed by atoms with Crippen LogP contribution in [-0.2, 0) is 6.42 Å². The molecule has 21 heavy (non-hydrogen) atoms. The Bertz CT molecular complexity index is 557. The number of aromatic nitrogens is 1. The van der Waals surface area contributed by atoms with Crippen LogP contribution in [0.1, 0.15) is 24.0 Å². The molecule has 2 aromatic rings. The first kappa shape index (κ1) is 17.0. The average molecular weight is 385 g/mol. The molecule has 0 aliphatic carbocycles. The van der Waals surface area contributed by atoms with Gasteiger partial charge in [0.15, 0.2) is 0 Å². The molecule has 114 valence electrons. The molecule has 1 aromatic carbocycles. The number of nitrogens with zero attached hydrogens (tertiary/aromatic N) is 1. The lowest BCUT2D eigenvalue weighted by atomic mass is 10.2.